The van der Waals surface area contributed by atoms with Gasteiger partial charge in [0.05, 0.1) is 6.10 Å². The number of carbonyl (C=O) groups is 1. The van der Waals surface area contributed by atoms with Crippen molar-refractivity contribution in [2.75, 3.05) is 13.1 Å². The van der Waals surface area contributed by atoms with Gasteiger partial charge < -0.3 is 10.0 Å². The molecule has 0 spiro atoms. The average molecular weight is 387 g/mol. The van der Waals surface area contributed by atoms with E-state index in [1.165, 1.54) is 0 Å². The molecule has 4 aliphatic rings. The van der Waals surface area contributed by atoms with E-state index in [1.807, 2.05) is 0 Å². The Hall–Kier alpha value is -0.780. The highest BCUT2D eigenvalue weighted by Crippen LogP contribution is 2.64. The summed E-state index contributed by atoms with van der Waals surface area (Å²) in [7, 11) is 0. The molecule has 1 N–H and O–H groups in total. The van der Waals surface area contributed by atoms with Gasteiger partial charge in [0.1, 0.15) is 0 Å². The molecule has 6 heteroatoms. The predicted octanol–water partition coefficient (Wildman–Crippen LogP) is 4.39. The Labute approximate surface area is 159 Å². The van der Waals surface area contributed by atoms with E-state index in [4.69, 9.17) is 0 Å². The summed E-state index contributed by atoms with van der Waals surface area (Å²) in [5.41, 5.74) is 0.0695. The standard InChI is InChI=1S/C21H32F3NO2/c1-19-8-6-17-15(4-3-13-11-14(26)5-9-20(13,17)2)16(19)7-10-25(12-19)18(27)21(22,23)24/h13-17,26H,3-12H2,1-2H3/t13-,14+,15-,16-,17-,19+,20-/m0/s1. The fourth-order valence-corrected chi connectivity index (χ4v) is 7.55. The van der Waals surface area contributed by atoms with Gasteiger partial charge >= 0.3 is 12.1 Å². The normalized spacial score (nSPS) is 47.6. The van der Waals surface area contributed by atoms with Crippen molar-refractivity contribution in [3.05, 3.63) is 0 Å². The summed E-state index contributed by atoms with van der Waals surface area (Å²) in [6.45, 7) is 5.01. The first kappa shape index (κ1) is 19.5. The van der Waals surface area contributed by atoms with Gasteiger partial charge in [-0.15, -0.1) is 0 Å². The number of hydrogen-bond donors (Lipinski definition) is 1. The molecule has 3 aliphatic carbocycles. The Bertz CT molecular complexity index is 609. The monoisotopic (exact) mass is 387 g/mol. The van der Waals surface area contributed by atoms with Gasteiger partial charge in [0.2, 0.25) is 0 Å². The first-order valence-electron chi connectivity index (χ1n) is 10.6. The van der Waals surface area contributed by atoms with Crippen LogP contribution in [0.4, 0.5) is 13.2 Å². The Morgan fingerprint density at radius 3 is 2.48 bits per heavy atom. The summed E-state index contributed by atoms with van der Waals surface area (Å²) < 4.78 is 38.7. The Morgan fingerprint density at radius 2 is 1.78 bits per heavy atom. The molecule has 154 valence electrons. The number of piperidine rings is 1. The number of fused-ring (bicyclic) bond motifs is 5. The Balaban J connectivity index is 1.53. The number of hydrogen-bond acceptors (Lipinski definition) is 2. The number of likely N-dealkylation sites (tertiary alicyclic amines) is 1. The topological polar surface area (TPSA) is 40.5 Å². The first-order valence-corrected chi connectivity index (χ1v) is 10.6. The van der Waals surface area contributed by atoms with E-state index < -0.39 is 12.1 Å². The summed E-state index contributed by atoms with van der Waals surface area (Å²) in [4.78, 5) is 12.8. The molecule has 0 aromatic carbocycles. The van der Waals surface area contributed by atoms with Crippen LogP contribution in [0.2, 0.25) is 0 Å². The van der Waals surface area contributed by atoms with Crippen LogP contribution in [0.3, 0.4) is 0 Å². The number of halogens is 3. The van der Waals surface area contributed by atoms with Crippen molar-refractivity contribution >= 4 is 5.91 Å². The molecule has 1 amide bonds. The van der Waals surface area contributed by atoms with Crippen LogP contribution in [0.5, 0.6) is 0 Å². The highest BCUT2D eigenvalue weighted by atomic mass is 19.4. The van der Waals surface area contributed by atoms with Crippen LogP contribution in [0.15, 0.2) is 0 Å². The number of nitrogens with zero attached hydrogens (tertiary/aromatic N) is 1. The lowest BCUT2D eigenvalue weighted by Gasteiger charge is -2.63. The van der Waals surface area contributed by atoms with E-state index in [1.54, 1.807) is 0 Å². The molecule has 4 rings (SSSR count). The third-order valence-corrected chi connectivity index (χ3v) is 8.95. The molecular weight excluding hydrogens is 355 g/mol. The zero-order chi connectivity index (χ0) is 19.6. The number of alkyl halides is 3. The zero-order valence-corrected chi connectivity index (χ0v) is 16.4. The lowest BCUT2D eigenvalue weighted by Crippen LogP contribution is -2.60. The quantitative estimate of drug-likeness (QED) is 0.670. The van der Waals surface area contributed by atoms with Crippen molar-refractivity contribution in [1.82, 2.24) is 4.90 Å². The summed E-state index contributed by atoms with van der Waals surface area (Å²) in [6.07, 6.45) is 2.85. The molecule has 0 radical (unpaired) electrons. The van der Waals surface area contributed by atoms with E-state index in [-0.39, 0.29) is 30.0 Å². The second-order valence-corrected chi connectivity index (χ2v) is 10.3. The van der Waals surface area contributed by atoms with Crippen molar-refractivity contribution in [3.63, 3.8) is 0 Å². The number of aliphatic hydroxyl groups is 1. The summed E-state index contributed by atoms with van der Waals surface area (Å²) >= 11 is 0. The van der Waals surface area contributed by atoms with Crippen LogP contribution in [-0.2, 0) is 4.79 Å². The molecule has 27 heavy (non-hydrogen) atoms. The van der Waals surface area contributed by atoms with Gasteiger partial charge in [-0.2, -0.15) is 13.2 Å². The third-order valence-electron chi connectivity index (χ3n) is 8.95. The van der Waals surface area contributed by atoms with E-state index >= 15 is 0 Å². The fraction of sp³-hybridized carbons (Fsp3) is 0.952. The number of carbonyl (C=O) groups excluding carboxylic acids is 1. The van der Waals surface area contributed by atoms with Gasteiger partial charge in [-0.05, 0) is 85.9 Å². The van der Waals surface area contributed by atoms with Gasteiger partial charge in [-0.25, -0.2) is 0 Å². The van der Waals surface area contributed by atoms with Gasteiger partial charge in [-0.3, -0.25) is 4.79 Å². The van der Waals surface area contributed by atoms with Crippen LogP contribution >= 0.6 is 0 Å². The number of amides is 1. The number of aliphatic hydroxyl groups excluding tert-OH is 1. The van der Waals surface area contributed by atoms with Gasteiger partial charge in [0, 0.05) is 13.1 Å². The SMILES string of the molecule is C[C@]12CC[C@H]3[C@@H](CC[C@H]4C[C@H](O)CC[C@@]43C)[C@@H]1CCN(C(=O)C(F)(F)F)C2. The molecule has 0 unspecified atom stereocenters. The molecular formula is C21H32F3NO2. The largest absolute Gasteiger partial charge is 0.471 e. The van der Waals surface area contributed by atoms with Crippen molar-refractivity contribution in [2.24, 2.45) is 34.5 Å². The molecule has 1 saturated heterocycles. The minimum absolute atomic E-state index is 0.162. The van der Waals surface area contributed by atoms with Gasteiger partial charge in [-0.1, -0.05) is 13.8 Å². The van der Waals surface area contributed by atoms with Crippen molar-refractivity contribution in [2.45, 2.75) is 77.5 Å². The molecule has 3 saturated carbocycles. The van der Waals surface area contributed by atoms with E-state index in [0.29, 0.717) is 30.1 Å². The summed E-state index contributed by atoms with van der Waals surface area (Å²) in [5.74, 6) is 0.508. The maximum absolute atomic E-state index is 12.9. The van der Waals surface area contributed by atoms with Crippen LogP contribution < -0.4 is 0 Å². The third kappa shape index (κ3) is 3.10. The van der Waals surface area contributed by atoms with Gasteiger partial charge in [0.15, 0.2) is 0 Å². The van der Waals surface area contributed by atoms with E-state index in [0.717, 1.165) is 49.8 Å². The van der Waals surface area contributed by atoms with E-state index in [9.17, 15) is 23.1 Å². The minimum atomic E-state index is -4.77. The molecule has 0 aromatic rings. The summed E-state index contributed by atoms with van der Waals surface area (Å²) in [5, 5.41) is 10.1. The average Bonchev–Trinajstić information content (AvgIpc) is 2.59. The smallest absolute Gasteiger partial charge is 0.393 e. The molecule has 0 aromatic heterocycles. The van der Waals surface area contributed by atoms with Crippen LogP contribution in [0, 0.1) is 34.5 Å². The molecule has 1 aliphatic heterocycles. The van der Waals surface area contributed by atoms with Crippen molar-refractivity contribution < 1.29 is 23.1 Å². The van der Waals surface area contributed by atoms with Crippen LogP contribution in [0.25, 0.3) is 0 Å². The maximum Gasteiger partial charge on any atom is 0.471 e. The Kier molecular flexibility index (Phi) is 4.60. The van der Waals surface area contributed by atoms with Crippen LogP contribution in [-0.4, -0.2) is 41.3 Å². The lowest BCUT2D eigenvalue weighted by molar-refractivity contribution is -0.195. The molecule has 3 nitrogen and oxygen atoms in total. The summed E-state index contributed by atoms with van der Waals surface area (Å²) in [6, 6.07) is 0. The first-order chi connectivity index (χ1) is 12.5. The van der Waals surface area contributed by atoms with Crippen LogP contribution in [0.1, 0.15) is 65.2 Å². The lowest BCUT2D eigenvalue weighted by atomic mass is 9.44. The minimum Gasteiger partial charge on any atom is -0.393 e. The van der Waals surface area contributed by atoms with Crippen molar-refractivity contribution in [3.8, 4) is 0 Å². The second-order valence-electron chi connectivity index (χ2n) is 10.3. The van der Waals surface area contributed by atoms with E-state index in [2.05, 4.69) is 13.8 Å². The highest BCUT2D eigenvalue weighted by molar-refractivity contribution is 5.82. The second kappa shape index (κ2) is 6.36. The van der Waals surface area contributed by atoms with Crippen molar-refractivity contribution in [1.29, 1.82) is 0 Å². The molecule has 7 atom stereocenters. The molecule has 1 heterocycles. The highest BCUT2D eigenvalue weighted by Gasteiger charge is 2.58. The molecule has 0 bridgehead atoms. The fourth-order valence-electron chi connectivity index (χ4n) is 7.55. The Morgan fingerprint density at radius 1 is 1.04 bits per heavy atom. The van der Waals surface area contributed by atoms with Gasteiger partial charge in [0.25, 0.3) is 0 Å². The maximum atomic E-state index is 12.9. The number of rotatable bonds is 0. The molecule has 4 fully saturated rings. The predicted molar refractivity (Wildman–Crippen MR) is 95.8 cm³/mol. The zero-order valence-electron chi connectivity index (χ0n) is 16.4.